The molecule has 1 aromatic carbocycles. The highest BCUT2D eigenvalue weighted by atomic mass is 16.2. The van der Waals surface area contributed by atoms with Crippen LogP contribution in [0.15, 0.2) is 54.9 Å². The Balaban J connectivity index is 1.57. The van der Waals surface area contributed by atoms with Crippen molar-refractivity contribution in [1.82, 2.24) is 29.8 Å². The van der Waals surface area contributed by atoms with E-state index in [2.05, 4.69) is 27.8 Å². The minimum Gasteiger partial charge on any atom is -0.343 e. The maximum Gasteiger partial charge on any atom is 0.274 e. The third-order valence-electron chi connectivity index (χ3n) is 7.48. The van der Waals surface area contributed by atoms with Crippen LogP contribution in [-0.4, -0.2) is 82.2 Å². The van der Waals surface area contributed by atoms with Gasteiger partial charge < -0.3 is 24.8 Å². The lowest BCUT2D eigenvalue weighted by atomic mass is 9.85. The number of carbonyl (C=O) groups excluding carboxylic acids is 3. The van der Waals surface area contributed by atoms with Crippen LogP contribution >= 0.6 is 0 Å². The summed E-state index contributed by atoms with van der Waals surface area (Å²) in [6, 6.07) is 13.2. The van der Waals surface area contributed by atoms with E-state index in [1.807, 2.05) is 78.4 Å². The number of aryl methyl sites for hydroxylation is 1. The Kier molecular flexibility index (Phi) is 9.25. The van der Waals surface area contributed by atoms with Crippen molar-refractivity contribution < 1.29 is 14.4 Å². The maximum atomic E-state index is 13.9. The van der Waals surface area contributed by atoms with E-state index in [1.165, 1.54) is 0 Å². The molecule has 0 saturated carbocycles. The van der Waals surface area contributed by atoms with Crippen molar-refractivity contribution in [2.24, 2.45) is 5.41 Å². The second-order valence-corrected chi connectivity index (χ2v) is 11.8. The summed E-state index contributed by atoms with van der Waals surface area (Å²) < 4.78 is 1.86. The number of nitrogens with one attached hydrogen (secondary N) is 2. The van der Waals surface area contributed by atoms with E-state index < -0.39 is 11.5 Å². The zero-order valence-electron chi connectivity index (χ0n) is 24.3. The van der Waals surface area contributed by atoms with Crippen LogP contribution in [-0.2, 0) is 16.0 Å². The molecule has 0 bridgehead atoms. The van der Waals surface area contributed by atoms with Gasteiger partial charge in [-0.25, -0.2) is 4.98 Å². The predicted octanol–water partition coefficient (Wildman–Crippen LogP) is 3.07. The van der Waals surface area contributed by atoms with Gasteiger partial charge in [-0.15, -0.1) is 0 Å². The Morgan fingerprint density at radius 3 is 2.60 bits per heavy atom. The van der Waals surface area contributed by atoms with Crippen LogP contribution in [0, 0.1) is 12.3 Å². The number of benzene rings is 1. The zero-order valence-corrected chi connectivity index (χ0v) is 24.3. The number of fused-ring (bicyclic) bond motifs is 1. The number of aromatic nitrogens is 2. The van der Waals surface area contributed by atoms with Gasteiger partial charge in [0, 0.05) is 38.1 Å². The minimum absolute atomic E-state index is 0.0990. The first-order chi connectivity index (χ1) is 19.1. The third-order valence-corrected chi connectivity index (χ3v) is 7.48. The summed E-state index contributed by atoms with van der Waals surface area (Å²) in [7, 11) is 1.70. The normalized spacial score (nSPS) is 16.2. The fourth-order valence-corrected chi connectivity index (χ4v) is 5.29. The van der Waals surface area contributed by atoms with Crippen LogP contribution in [0.5, 0.6) is 0 Å². The average Bonchev–Trinajstić information content (AvgIpc) is 3.55. The molecule has 2 unspecified atom stereocenters. The highest BCUT2D eigenvalue weighted by Crippen LogP contribution is 2.26. The van der Waals surface area contributed by atoms with Crippen LogP contribution in [0.4, 0.5) is 0 Å². The molecule has 1 saturated heterocycles. The van der Waals surface area contributed by atoms with E-state index in [9.17, 15) is 14.4 Å². The zero-order chi connectivity index (χ0) is 28.9. The van der Waals surface area contributed by atoms with Gasteiger partial charge >= 0.3 is 0 Å². The number of likely N-dealkylation sites (N-methyl/N-ethyl adjacent to an activating group) is 1. The largest absolute Gasteiger partial charge is 0.343 e. The van der Waals surface area contributed by atoms with Crippen LogP contribution in [0.25, 0.3) is 5.65 Å². The molecule has 40 heavy (non-hydrogen) atoms. The molecule has 9 heteroatoms. The van der Waals surface area contributed by atoms with Gasteiger partial charge in [-0.2, -0.15) is 0 Å². The van der Waals surface area contributed by atoms with E-state index in [1.54, 1.807) is 13.2 Å². The molecule has 0 spiro atoms. The number of amides is 3. The van der Waals surface area contributed by atoms with Crippen LogP contribution < -0.4 is 10.6 Å². The van der Waals surface area contributed by atoms with Gasteiger partial charge in [-0.05, 0) is 61.9 Å². The summed E-state index contributed by atoms with van der Waals surface area (Å²) in [4.78, 5) is 48.5. The molecule has 0 radical (unpaired) electrons. The second-order valence-electron chi connectivity index (χ2n) is 11.8. The Bertz CT molecular complexity index is 1330. The van der Waals surface area contributed by atoms with Gasteiger partial charge in [-0.3, -0.25) is 14.4 Å². The first kappa shape index (κ1) is 29.3. The smallest absolute Gasteiger partial charge is 0.274 e. The molecule has 1 aliphatic heterocycles. The van der Waals surface area contributed by atoms with E-state index in [0.717, 1.165) is 29.6 Å². The number of hydrogen-bond donors (Lipinski definition) is 2. The minimum atomic E-state index is -0.663. The van der Waals surface area contributed by atoms with E-state index >= 15 is 0 Å². The third kappa shape index (κ3) is 7.07. The van der Waals surface area contributed by atoms with Gasteiger partial charge in [0.15, 0.2) is 0 Å². The molecule has 1 aliphatic rings. The van der Waals surface area contributed by atoms with Gasteiger partial charge in [0.1, 0.15) is 17.4 Å². The molecule has 214 valence electrons. The number of likely N-dealkylation sites (tertiary alicyclic amines) is 1. The van der Waals surface area contributed by atoms with Gasteiger partial charge in [0.05, 0.1) is 6.54 Å². The second kappa shape index (κ2) is 12.6. The summed E-state index contributed by atoms with van der Waals surface area (Å²) in [5.74, 6) is -0.460. The standard InChI is InChI=1S/C31H42N6O3/c1-22-13-16-35-21-25(33-26(35)18-22)29(39)36(17-14-23-10-7-6-8-11-23)20-24-12-9-15-37(24)30(40)28(31(2,3)4)34-27(38)19-32-5/h6-8,10-11,13,16,18,21,24,28,32H,9,12,14-15,17,19-20H2,1-5H3,(H,34,38). The Hall–Kier alpha value is -3.72. The first-order valence-electron chi connectivity index (χ1n) is 14.1. The van der Waals surface area contributed by atoms with Crippen molar-refractivity contribution in [3.8, 4) is 0 Å². The molecule has 2 aromatic heterocycles. The summed E-state index contributed by atoms with van der Waals surface area (Å²) in [6.45, 7) is 9.54. The molecule has 2 atom stereocenters. The van der Waals surface area contributed by atoms with Gasteiger partial charge in [-0.1, -0.05) is 51.1 Å². The van der Waals surface area contributed by atoms with Gasteiger partial charge in [0.2, 0.25) is 11.8 Å². The molecule has 9 nitrogen and oxygen atoms in total. The highest BCUT2D eigenvalue weighted by molar-refractivity contribution is 5.93. The SMILES string of the molecule is CNCC(=O)NC(C(=O)N1CCCC1CN(CCc1ccccc1)C(=O)c1cn2ccc(C)cc2n1)C(C)(C)C. The van der Waals surface area contributed by atoms with Crippen molar-refractivity contribution in [2.75, 3.05) is 33.2 Å². The Labute approximate surface area is 236 Å². The Morgan fingerprint density at radius 2 is 1.90 bits per heavy atom. The molecule has 4 rings (SSSR count). The van der Waals surface area contributed by atoms with Gasteiger partial charge in [0.25, 0.3) is 5.91 Å². The van der Waals surface area contributed by atoms with Crippen molar-refractivity contribution in [3.63, 3.8) is 0 Å². The quantitative estimate of drug-likeness (QED) is 0.407. The number of nitrogens with zero attached hydrogens (tertiary/aromatic N) is 4. The average molecular weight is 547 g/mol. The molecule has 3 heterocycles. The van der Waals surface area contributed by atoms with Crippen LogP contribution in [0.2, 0.25) is 0 Å². The molecule has 3 amide bonds. The van der Waals surface area contributed by atoms with E-state index in [4.69, 9.17) is 0 Å². The number of imidazole rings is 1. The van der Waals surface area contributed by atoms with Crippen molar-refractivity contribution >= 4 is 23.4 Å². The molecule has 2 N–H and O–H groups in total. The molecular weight excluding hydrogens is 504 g/mol. The van der Waals surface area contributed by atoms with Crippen molar-refractivity contribution in [2.45, 2.75) is 59.0 Å². The van der Waals surface area contributed by atoms with E-state index in [0.29, 0.717) is 31.7 Å². The predicted molar refractivity (Wildman–Crippen MR) is 156 cm³/mol. The fraction of sp³-hybridized carbons (Fsp3) is 0.484. The summed E-state index contributed by atoms with van der Waals surface area (Å²) >= 11 is 0. The summed E-state index contributed by atoms with van der Waals surface area (Å²) in [5.41, 5.74) is 2.87. The Morgan fingerprint density at radius 1 is 1.15 bits per heavy atom. The monoisotopic (exact) mass is 546 g/mol. The lowest BCUT2D eigenvalue weighted by Gasteiger charge is -2.37. The van der Waals surface area contributed by atoms with Crippen molar-refractivity contribution in [1.29, 1.82) is 0 Å². The summed E-state index contributed by atoms with van der Waals surface area (Å²) in [6.07, 6.45) is 6.04. The fourth-order valence-electron chi connectivity index (χ4n) is 5.29. The number of rotatable bonds is 10. The first-order valence-corrected chi connectivity index (χ1v) is 14.1. The van der Waals surface area contributed by atoms with Crippen molar-refractivity contribution in [3.05, 3.63) is 71.7 Å². The lowest BCUT2D eigenvalue weighted by Crippen LogP contribution is -2.58. The number of carbonyl (C=O) groups is 3. The lowest BCUT2D eigenvalue weighted by molar-refractivity contribution is -0.140. The number of pyridine rings is 1. The van der Waals surface area contributed by atoms with E-state index in [-0.39, 0.29) is 30.3 Å². The number of hydrogen-bond acceptors (Lipinski definition) is 5. The maximum absolute atomic E-state index is 13.9. The molecular formula is C31H42N6O3. The van der Waals surface area contributed by atoms with Crippen LogP contribution in [0.3, 0.4) is 0 Å². The topological polar surface area (TPSA) is 99.0 Å². The van der Waals surface area contributed by atoms with Crippen LogP contribution in [0.1, 0.15) is 55.2 Å². The molecule has 1 fully saturated rings. The summed E-state index contributed by atoms with van der Waals surface area (Å²) in [5, 5.41) is 5.78. The highest BCUT2D eigenvalue weighted by Gasteiger charge is 2.40. The molecule has 3 aromatic rings. The molecule has 0 aliphatic carbocycles.